The summed E-state index contributed by atoms with van der Waals surface area (Å²) in [6.45, 7) is -2.59. The van der Waals surface area contributed by atoms with Crippen LogP contribution in [0.5, 0.6) is 5.75 Å². The second kappa shape index (κ2) is 6.68. The minimum atomic E-state index is -4.65. The van der Waals surface area contributed by atoms with E-state index in [0.717, 1.165) is 18.2 Å². The lowest BCUT2D eigenvalue weighted by molar-refractivity contribution is -0.156. The van der Waals surface area contributed by atoms with Crippen molar-refractivity contribution in [2.45, 2.75) is 43.2 Å². The van der Waals surface area contributed by atoms with Gasteiger partial charge in [-0.25, -0.2) is 8.78 Å². The fourth-order valence-electron chi connectivity index (χ4n) is 3.49. The van der Waals surface area contributed by atoms with Gasteiger partial charge in [-0.1, -0.05) is 0 Å². The molecule has 1 aromatic rings. The summed E-state index contributed by atoms with van der Waals surface area (Å²) in [4.78, 5) is 13.5. The molecule has 1 N–H and O–H groups in total. The SMILES string of the molecule is O=C1CCCCN1[C@@H]1c2cc(C(F)(F)F)ccc2OC(CF)(CF)[C@H]1O. The predicted octanol–water partition coefficient (Wildman–Crippen LogP) is 3.19. The zero-order valence-corrected chi connectivity index (χ0v) is 13.7. The van der Waals surface area contributed by atoms with E-state index in [0.29, 0.717) is 12.8 Å². The first-order valence-electron chi connectivity index (χ1n) is 8.23. The molecule has 2 atom stereocenters. The van der Waals surface area contributed by atoms with Gasteiger partial charge in [0.1, 0.15) is 25.2 Å². The molecule has 0 aromatic heterocycles. The first-order valence-corrected chi connectivity index (χ1v) is 8.23. The molecule has 0 saturated carbocycles. The number of ether oxygens (including phenoxy) is 1. The zero-order valence-electron chi connectivity index (χ0n) is 13.7. The van der Waals surface area contributed by atoms with Crippen molar-refractivity contribution in [1.29, 1.82) is 0 Å². The van der Waals surface area contributed by atoms with Crippen LogP contribution in [0.25, 0.3) is 0 Å². The number of alkyl halides is 5. The highest BCUT2D eigenvalue weighted by molar-refractivity contribution is 5.77. The third kappa shape index (κ3) is 3.02. The molecule has 3 rings (SSSR count). The molecule has 1 saturated heterocycles. The number of piperidine rings is 1. The van der Waals surface area contributed by atoms with E-state index >= 15 is 0 Å². The largest absolute Gasteiger partial charge is 0.479 e. The number of aliphatic hydroxyl groups excluding tert-OH is 1. The van der Waals surface area contributed by atoms with Crippen LogP contribution in [0.4, 0.5) is 22.0 Å². The zero-order chi connectivity index (χ0) is 19.1. The summed E-state index contributed by atoms with van der Waals surface area (Å²) < 4.78 is 71.6. The molecule has 2 aliphatic rings. The van der Waals surface area contributed by atoms with Crippen molar-refractivity contribution >= 4 is 5.91 Å². The van der Waals surface area contributed by atoms with Crippen molar-refractivity contribution in [1.82, 2.24) is 4.90 Å². The Labute approximate surface area is 146 Å². The number of amides is 1. The van der Waals surface area contributed by atoms with Gasteiger partial charge in [0.25, 0.3) is 0 Å². The van der Waals surface area contributed by atoms with Gasteiger partial charge in [0.2, 0.25) is 5.91 Å². The van der Waals surface area contributed by atoms with Gasteiger partial charge in [0.05, 0.1) is 11.6 Å². The topological polar surface area (TPSA) is 49.8 Å². The van der Waals surface area contributed by atoms with Crippen LogP contribution in [0, 0.1) is 0 Å². The van der Waals surface area contributed by atoms with Crippen LogP contribution >= 0.6 is 0 Å². The van der Waals surface area contributed by atoms with Gasteiger partial charge in [0.15, 0.2) is 5.60 Å². The molecule has 1 aromatic carbocycles. The van der Waals surface area contributed by atoms with Crippen LogP contribution in [0.15, 0.2) is 18.2 Å². The van der Waals surface area contributed by atoms with E-state index in [1.807, 2.05) is 0 Å². The Morgan fingerprint density at radius 3 is 2.50 bits per heavy atom. The van der Waals surface area contributed by atoms with E-state index in [1.165, 1.54) is 4.90 Å². The molecule has 0 aliphatic carbocycles. The summed E-state index contributed by atoms with van der Waals surface area (Å²) in [5.41, 5.74) is -3.34. The number of carbonyl (C=O) groups is 1. The molecule has 9 heteroatoms. The van der Waals surface area contributed by atoms with Gasteiger partial charge >= 0.3 is 6.18 Å². The number of carbonyl (C=O) groups excluding carboxylic acids is 1. The maximum atomic E-state index is 13.6. The minimum absolute atomic E-state index is 0.0971. The number of likely N-dealkylation sites (tertiary alicyclic amines) is 1. The van der Waals surface area contributed by atoms with E-state index in [9.17, 15) is 31.9 Å². The monoisotopic (exact) mass is 379 g/mol. The number of rotatable bonds is 3. The Bertz CT molecular complexity index is 689. The molecule has 1 amide bonds. The highest BCUT2D eigenvalue weighted by Gasteiger charge is 2.53. The van der Waals surface area contributed by atoms with Crippen LogP contribution in [-0.4, -0.2) is 47.5 Å². The lowest BCUT2D eigenvalue weighted by Crippen LogP contribution is -2.61. The number of hydrogen-bond acceptors (Lipinski definition) is 3. The Kier molecular flexibility index (Phi) is 4.85. The molecule has 2 heterocycles. The summed E-state index contributed by atoms with van der Waals surface area (Å²) in [5.74, 6) is -0.542. The number of benzene rings is 1. The number of nitrogens with zero attached hydrogens (tertiary/aromatic N) is 1. The predicted molar refractivity (Wildman–Crippen MR) is 81.1 cm³/mol. The van der Waals surface area contributed by atoms with Crippen molar-refractivity contribution in [3.8, 4) is 5.75 Å². The fraction of sp³-hybridized carbons (Fsp3) is 0.588. The lowest BCUT2D eigenvalue weighted by atomic mass is 9.83. The van der Waals surface area contributed by atoms with Crippen molar-refractivity contribution in [2.75, 3.05) is 19.9 Å². The number of aliphatic hydroxyl groups is 1. The van der Waals surface area contributed by atoms with Crippen LogP contribution in [0.1, 0.15) is 36.4 Å². The van der Waals surface area contributed by atoms with E-state index in [2.05, 4.69) is 0 Å². The first-order chi connectivity index (χ1) is 12.2. The Morgan fingerprint density at radius 1 is 1.23 bits per heavy atom. The molecule has 0 unspecified atom stereocenters. The first kappa shape index (κ1) is 18.9. The lowest BCUT2D eigenvalue weighted by Gasteiger charge is -2.47. The molecule has 0 radical (unpaired) electrons. The standard InChI is InChI=1S/C17H18F5NO3/c18-8-16(9-19)15(25)14(23-6-2-1-3-13(23)24)11-7-10(17(20,21)22)4-5-12(11)26-16/h4-5,7,14-15,25H,1-3,6,8-9H2/t14-,15+/m1/s1. The van der Waals surface area contributed by atoms with Gasteiger partial charge in [-0.15, -0.1) is 0 Å². The van der Waals surface area contributed by atoms with Crippen molar-refractivity contribution in [2.24, 2.45) is 0 Å². The Morgan fingerprint density at radius 2 is 1.92 bits per heavy atom. The van der Waals surface area contributed by atoms with Crippen LogP contribution in [0.2, 0.25) is 0 Å². The molecule has 0 spiro atoms. The third-order valence-corrected chi connectivity index (χ3v) is 4.96. The summed E-state index contributed by atoms with van der Waals surface area (Å²) >= 11 is 0. The molecule has 2 aliphatic heterocycles. The maximum absolute atomic E-state index is 13.6. The fourth-order valence-corrected chi connectivity index (χ4v) is 3.49. The quantitative estimate of drug-likeness (QED) is 0.821. The summed E-state index contributed by atoms with van der Waals surface area (Å²) in [6.07, 6.45) is -5.12. The Hall–Kier alpha value is -1.90. The van der Waals surface area contributed by atoms with Crippen LogP contribution in [-0.2, 0) is 11.0 Å². The van der Waals surface area contributed by atoms with Gasteiger partial charge in [0, 0.05) is 18.5 Å². The molecular formula is C17H18F5NO3. The molecule has 1 fully saturated rings. The van der Waals surface area contributed by atoms with Gasteiger partial charge in [-0.2, -0.15) is 13.2 Å². The van der Waals surface area contributed by atoms with Crippen LogP contribution in [0.3, 0.4) is 0 Å². The van der Waals surface area contributed by atoms with Gasteiger partial charge < -0.3 is 14.7 Å². The highest BCUT2D eigenvalue weighted by Crippen LogP contribution is 2.46. The van der Waals surface area contributed by atoms with Crippen LogP contribution < -0.4 is 4.74 Å². The third-order valence-electron chi connectivity index (χ3n) is 4.96. The summed E-state index contributed by atoms with van der Waals surface area (Å²) in [6, 6.07) is 1.18. The normalized spacial score (nSPS) is 25.6. The van der Waals surface area contributed by atoms with Crippen molar-refractivity contribution < 1.29 is 36.6 Å². The van der Waals surface area contributed by atoms with Crippen molar-refractivity contribution in [3.05, 3.63) is 29.3 Å². The van der Waals surface area contributed by atoms with E-state index < -0.39 is 42.8 Å². The van der Waals surface area contributed by atoms with E-state index in [-0.39, 0.29) is 30.2 Å². The van der Waals surface area contributed by atoms with Gasteiger partial charge in [-0.3, -0.25) is 4.79 Å². The summed E-state index contributed by atoms with van der Waals surface area (Å²) in [5, 5.41) is 10.6. The average Bonchev–Trinajstić information content (AvgIpc) is 2.61. The van der Waals surface area contributed by atoms with E-state index in [4.69, 9.17) is 4.74 Å². The maximum Gasteiger partial charge on any atom is 0.416 e. The second-order valence-corrected chi connectivity index (χ2v) is 6.62. The van der Waals surface area contributed by atoms with Gasteiger partial charge in [-0.05, 0) is 31.0 Å². The molecule has 4 nitrogen and oxygen atoms in total. The van der Waals surface area contributed by atoms with Crippen molar-refractivity contribution in [3.63, 3.8) is 0 Å². The molecule has 144 valence electrons. The number of hydrogen-bond donors (Lipinski definition) is 1. The Balaban J connectivity index is 2.14. The highest BCUT2D eigenvalue weighted by atomic mass is 19.4. The molecule has 0 bridgehead atoms. The smallest absolute Gasteiger partial charge is 0.416 e. The number of halogens is 5. The van der Waals surface area contributed by atoms with E-state index in [1.54, 1.807) is 0 Å². The minimum Gasteiger partial charge on any atom is -0.479 e. The molecule has 26 heavy (non-hydrogen) atoms. The number of fused-ring (bicyclic) bond motifs is 1. The second-order valence-electron chi connectivity index (χ2n) is 6.62. The average molecular weight is 379 g/mol. The summed E-state index contributed by atoms with van der Waals surface area (Å²) in [7, 11) is 0. The molecular weight excluding hydrogens is 361 g/mol.